The van der Waals surface area contributed by atoms with Gasteiger partial charge in [-0.1, -0.05) is 20.8 Å². The van der Waals surface area contributed by atoms with Crippen LogP contribution in [0.1, 0.15) is 64.3 Å². The van der Waals surface area contributed by atoms with Crippen molar-refractivity contribution in [2.75, 3.05) is 6.54 Å². The van der Waals surface area contributed by atoms with Gasteiger partial charge in [0.15, 0.2) is 11.6 Å². The number of aromatic nitrogens is 3. The largest absolute Gasteiger partial charge is 0.367 e. The highest BCUT2D eigenvalue weighted by Crippen LogP contribution is 2.37. The van der Waals surface area contributed by atoms with E-state index in [4.69, 9.17) is 4.74 Å². The minimum atomic E-state index is 0.134. The minimum Gasteiger partial charge on any atom is -0.367 e. The maximum absolute atomic E-state index is 5.95. The molecule has 1 aromatic heterocycles. The Balaban J connectivity index is 1.92. The molecule has 0 saturated carbocycles. The molecule has 3 rings (SSSR count). The number of fused-ring (bicyclic) bond motifs is 1. The zero-order valence-electron chi connectivity index (χ0n) is 12.3. The fourth-order valence-corrected chi connectivity index (χ4v) is 3.11. The van der Waals surface area contributed by atoms with Gasteiger partial charge < -0.3 is 14.6 Å². The summed E-state index contributed by atoms with van der Waals surface area (Å²) in [6, 6.07) is 0.265. The third kappa shape index (κ3) is 2.30. The topological polar surface area (TPSA) is 52.0 Å². The second-order valence-electron chi connectivity index (χ2n) is 6.83. The lowest BCUT2D eigenvalue weighted by molar-refractivity contribution is 0.0471. The van der Waals surface area contributed by atoms with E-state index in [0.29, 0.717) is 6.10 Å². The highest BCUT2D eigenvalue weighted by Gasteiger charge is 2.36. The van der Waals surface area contributed by atoms with E-state index in [-0.39, 0.29) is 17.6 Å². The molecule has 0 aromatic carbocycles. The summed E-state index contributed by atoms with van der Waals surface area (Å²) in [6.45, 7) is 10.8. The molecule has 1 N–H and O–H groups in total. The van der Waals surface area contributed by atoms with Gasteiger partial charge in [0.2, 0.25) is 0 Å². The van der Waals surface area contributed by atoms with Crippen LogP contribution in [-0.2, 0) is 11.3 Å². The van der Waals surface area contributed by atoms with Crippen molar-refractivity contribution in [3.05, 3.63) is 11.6 Å². The van der Waals surface area contributed by atoms with Crippen molar-refractivity contribution < 1.29 is 4.74 Å². The SMILES string of the molecule is CC1CCC(c2nnc3n2CCNC3C(C)(C)C)O1. The van der Waals surface area contributed by atoms with E-state index in [1.807, 2.05) is 0 Å². The predicted molar refractivity (Wildman–Crippen MR) is 72.7 cm³/mol. The maximum Gasteiger partial charge on any atom is 0.162 e. The Morgan fingerprint density at radius 2 is 1.95 bits per heavy atom. The number of nitrogens with zero attached hydrogens (tertiary/aromatic N) is 3. The summed E-state index contributed by atoms with van der Waals surface area (Å²) in [5.41, 5.74) is 0.145. The van der Waals surface area contributed by atoms with Crippen LogP contribution in [0.3, 0.4) is 0 Å². The van der Waals surface area contributed by atoms with Crippen molar-refractivity contribution in [3.63, 3.8) is 0 Å². The molecule has 5 heteroatoms. The number of nitrogens with one attached hydrogen (secondary N) is 1. The number of ether oxygens (including phenoxy) is 1. The molecule has 2 aliphatic rings. The standard InChI is InChI=1S/C14H24N4O/c1-9-5-6-10(19-9)12-16-17-13-11(14(2,3)4)15-7-8-18(12)13/h9-11,15H,5-8H2,1-4H3. The smallest absolute Gasteiger partial charge is 0.162 e. The summed E-state index contributed by atoms with van der Waals surface area (Å²) >= 11 is 0. The Morgan fingerprint density at radius 1 is 1.21 bits per heavy atom. The van der Waals surface area contributed by atoms with Crippen LogP contribution in [0.2, 0.25) is 0 Å². The summed E-state index contributed by atoms with van der Waals surface area (Å²) in [6.07, 6.45) is 2.66. The van der Waals surface area contributed by atoms with Crippen molar-refractivity contribution in [2.45, 2.75) is 65.3 Å². The van der Waals surface area contributed by atoms with E-state index in [9.17, 15) is 0 Å². The molecular weight excluding hydrogens is 240 g/mol. The van der Waals surface area contributed by atoms with Crippen LogP contribution in [0.15, 0.2) is 0 Å². The third-order valence-electron chi connectivity index (χ3n) is 4.14. The first-order valence-electron chi connectivity index (χ1n) is 7.28. The van der Waals surface area contributed by atoms with Gasteiger partial charge >= 0.3 is 0 Å². The second-order valence-corrected chi connectivity index (χ2v) is 6.83. The van der Waals surface area contributed by atoms with Crippen LogP contribution >= 0.6 is 0 Å². The minimum absolute atomic E-state index is 0.134. The van der Waals surface area contributed by atoms with E-state index in [1.54, 1.807) is 0 Å². The first kappa shape index (κ1) is 13.1. The molecule has 106 valence electrons. The molecule has 3 unspecified atom stereocenters. The maximum atomic E-state index is 5.95. The summed E-state index contributed by atoms with van der Waals surface area (Å²) in [4.78, 5) is 0. The highest BCUT2D eigenvalue weighted by molar-refractivity contribution is 5.10. The Hall–Kier alpha value is -0.940. The third-order valence-corrected chi connectivity index (χ3v) is 4.14. The Kier molecular flexibility index (Phi) is 3.14. The highest BCUT2D eigenvalue weighted by atomic mass is 16.5. The molecule has 1 aromatic rings. The molecule has 5 nitrogen and oxygen atoms in total. The van der Waals surface area contributed by atoms with Crippen molar-refractivity contribution in [1.82, 2.24) is 20.1 Å². The molecular formula is C14H24N4O. The normalized spacial score (nSPS) is 31.5. The van der Waals surface area contributed by atoms with Gasteiger partial charge in [0.1, 0.15) is 6.10 Å². The van der Waals surface area contributed by atoms with Gasteiger partial charge in [0.25, 0.3) is 0 Å². The van der Waals surface area contributed by atoms with E-state index < -0.39 is 0 Å². The first-order valence-corrected chi connectivity index (χ1v) is 7.28. The van der Waals surface area contributed by atoms with Crippen LogP contribution < -0.4 is 5.32 Å². The van der Waals surface area contributed by atoms with E-state index in [0.717, 1.165) is 37.6 Å². The monoisotopic (exact) mass is 264 g/mol. The van der Waals surface area contributed by atoms with Gasteiger partial charge in [-0.3, -0.25) is 0 Å². The molecule has 0 amide bonds. The predicted octanol–water partition coefficient (Wildman–Crippen LogP) is 2.21. The molecule has 0 bridgehead atoms. The summed E-state index contributed by atoms with van der Waals surface area (Å²) in [5.74, 6) is 2.09. The van der Waals surface area contributed by atoms with Crippen LogP contribution in [0.5, 0.6) is 0 Å². The summed E-state index contributed by atoms with van der Waals surface area (Å²) in [7, 11) is 0. The van der Waals surface area contributed by atoms with Gasteiger partial charge in [-0.2, -0.15) is 0 Å². The van der Waals surface area contributed by atoms with Gasteiger partial charge in [0, 0.05) is 13.1 Å². The fourth-order valence-electron chi connectivity index (χ4n) is 3.11. The molecule has 0 spiro atoms. The second kappa shape index (κ2) is 4.56. The zero-order chi connectivity index (χ0) is 13.6. The number of rotatable bonds is 1. The van der Waals surface area contributed by atoms with Crippen LogP contribution in [0, 0.1) is 5.41 Å². The Labute approximate surface area is 114 Å². The zero-order valence-corrected chi connectivity index (χ0v) is 12.3. The van der Waals surface area contributed by atoms with E-state index in [2.05, 4.69) is 47.8 Å². The van der Waals surface area contributed by atoms with Gasteiger partial charge in [-0.05, 0) is 25.2 Å². The lowest BCUT2D eigenvalue weighted by Gasteiger charge is -2.34. The van der Waals surface area contributed by atoms with Crippen LogP contribution in [-0.4, -0.2) is 27.4 Å². The van der Waals surface area contributed by atoms with Crippen molar-refractivity contribution in [1.29, 1.82) is 0 Å². The average Bonchev–Trinajstić information content (AvgIpc) is 2.92. The molecule has 3 heterocycles. The van der Waals surface area contributed by atoms with Gasteiger partial charge in [-0.25, -0.2) is 0 Å². The van der Waals surface area contributed by atoms with E-state index in [1.165, 1.54) is 0 Å². The van der Waals surface area contributed by atoms with Crippen molar-refractivity contribution in [3.8, 4) is 0 Å². The summed E-state index contributed by atoms with van der Waals surface area (Å²) < 4.78 is 8.22. The van der Waals surface area contributed by atoms with Gasteiger partial charge in [-0.15, -0.1) is 10.2 Å². The average molecular weight is 264 g/mol. The lowest BCUT2D eigenvalue weighted by Crippen LogP contribution is -2.41. The molecule has 19 heavy (non-hydrogen) atoms. The summed E-state index contributed by atoms with van der Waals surface area (Å²) in [5, 5.41) is 12.4. The molecule has 0 aliphatic carbocycles. The fraction of sp³-hybridized carbons (Fsp3) is 0.857. The molecule has 1 saturated heterocycles. The quantitative estimate of drug-likeness (QED) is 0.845. The van der Waals surface area contributed by atoms with E-state index >= 15 is 0 Å². The lowest BCUT2D eigenvalue weighted by atomic mass is 9.85. The van der Waals surface area contributed by atoms with Crippen LogP contribution in [0.25, 0.3) is 0 Å². The molecule has 1 fully saturated rings. The van der Waals surface area contributed by atoms with Gasteiger partial charge in [0.05, 0.1) is 12.1 Å². The Bertz CT molecular complexity index is 463. The number of hydrogen-bond donors (Lipinski definition) is 1. The van der Waals surface area contributed by atoms with Crippen molar-refractivity contribution in [2.24, 2.45) is 5.41 Å². The van der Waals surface area contributed by atoms with Crippen molar-refractivity contribution >= 4 is 0 Å². The molecule has 3 atom stereocenters. The van der Waals surface area contributed by atoms with Crippen LogP contribution in [0.4, 0.5) is 0 Å². The molecule has 0 radical (unpaired) electrons. The molecule has 2 aliphatic heterocycles. The number of hydrogen-bond acceptors (Lipinski definition) is 4. The first-order chi connectivity index (χ1) is 8.97. The Morgan fingerprint density at radius 3 is 2.58 bits per heavy atom.